The minimum Gasteiger partial charge on any atom is -0.394 e. The zero-order valence-corrected chi connectivity index (χ0v) is 8.54. The molecule has 0 aromatic rings. The summed E-state index contributed by atoms with van der Waals surface area (Å²) in [6, 6.07) is -0.765. The highest BCUT2D eigenvalue weighted by atomic mass is 16.3. The summed E-state index contributed by atoms with van der Waals surface area (Å²) in [7, 11) is 0. The second kappa shape index (κ2) is 5.98. The van der Waals surface area contributed by atoms with E-state index in [9.17, 15) is 4.79 Å². The molecule has 1 aliphatic carbocycles. The fourth-order valence-electron chi connectivity index (χ4n) is 1.85. The Bertz CT molecular complexity index is 179. The number of hydrogen-bond acceptors (Lipinski definition) is 3. The molecule has 0 radical (unpaired) electrons. The molecule has 4 nitrogen and oxygen atoms in total. The molecule has 4 N–H and O–H groups in total. The summed E-state index contributed by atoms with van der Waals surface area (Å²) in [5.41, 5.74) is 5.37. The fraction of sp³-hybridized carbons (Fsp3) is 0.900. The Morgan fingerprint density at radius 2 is 2.07 bits per heavy atom. The van der Waals surface area contributed by atoms with Gasteiger partial charge in [-0.3, -0.25) is 4.79 Å². The minimum absolute atomic E-state index is 0.238. The third kappa shape index (κ3) is 3.64. The van der Waals surface area contributed by atoms with Crippen molar-refractivity contribution >= 4 is 5.91 Å². The van der Waals surface area contributed by atoms with E-state index in [0.29, 0.717) is 12.5 Å². The number of rotatable bonds is 4. The molecule has 0 saturated heterocycles. The molecule has 0 aromatic carbocycles. The molecule has 1 amide bonds. The Morgan fingerprint density at radius 3 is 2.64 bits per heavy atom. The average Bonchev–Trinajstić information content (AvgIpc) is 2.26. The Kier molecular flexibility index (Phi) is 4.90. The summed E-state index contributed by atoms with van der Waals surface area (Å²) in [5.74, 6) is 0.372. The van der Waals surface area contributed by atoms with Crippen molar-refractivity contribution in [1.29, 1.82) is 0 Å². The van der Waals surface area contributed by atoms with Crippen LogP contribution in [0.1, 0.15) is 32.1 Å². The third-order valence-corrected chi connectivity index (χ3v) is 2.82. The Labute approximate surface area is 84.9 Å². The van der Waals surface area contributed by atoms with E-state index in [0.717, 1.165) is 0 Å². The zero-order chi connectivity index (χ0) is 10.4. The molecule has 1 saturated carbocycles. The molecule has 0 aliphatic heterocycles. The maximum absolute atomic E-state index is 11.2. The topological polar surface area (TPSA) is 75.3 Å². The standard InChI is InChI=1S/C10H20N2O2/c11-9(7-13)10(14)12-6-8-4-2-1-3-5-8/h8-9,13H,1-7,11H2,(H,12,14). The van der Waals surface area contributed by atoms with Gasteiger partial charge in [0.1, 0.15) is 6.04 Å². The van der Waals surface area contributed by atoms with Crippen LogP contribution in [0.2, 0.25) is 0 Å². The van der Waals surface area contributed by atoms with Gasteiger partial charge in [-0.05, 0) is 18.8 Å². The van der Waals surface area contributed by atoms with Gasteiger partial charge in [0.25, 0.3) is 0 Å². The van der Waals surface area contributed by atoms with Crippen molar-refractivity contribution in [2.45, 2.75) is 38.1 Å². The van der Waals surface area contributed by atoms with Crippen LogP contribution in [0.5, 0.6) is 0 Å². The van der Waals surface area contributed by atoms with Crippen LogP contribution < -0.4 is 11.1 Å². The molecule has 82 valence electrons. The summed E-state index contributed by atoms with van der Waals surface area (Å²) >= 11 is 0. The number of aliphatic hydroxyl groups is 1. The van der Waals surface area contributed by atoms with E-state index in [1.807, 2.05) is 0 Å². The van der Waals surface area contributed by atoms with Crippen molar-refractivity contribution in [2.24, 2.45) is 11.7 Å². The lowest BCUT2D eigenvalue weighted by Crippen LogP contribution is -2.44. The van der Waals surface area contributed by atoms with E-state index in [1.165, 1.54) is 32.1 Å². The molecule has 0 aromatic heterocycles. The van der Waals surface area contributed by atoms with Gasteiger partial charge in [0.2, 0.25) is 5.91 Å². The second-order valence-electron chi connectivity index (χ2n) is 4.04. The normalized spacial score (nSPS) is 20.4. The van der Waals surface area contributed by atoms with E-state index in [2.05, 4.69) is 5.32 Å². The number of nitrogens with two attached hydrogens (primary N) is 1. The van der Waals surface area contributed by atoms with Gasteiger partial charge in [-0.2, -0.15) is 0 Å². The van der Waals surface area contributed by atoms with Gasteiger partial charge >= 0.3 is 0 Å². The third-order valence-electron chi connectivity index (χ3n) is 2.82. The smallest absolute Gasteiger partial charge is 0.239 e. The van der Waals surface area contributed by atoms with Crippen LogP contribution in [-0.2, 0) is 4.79 Å². The number of aliphatic hydroxyl groups excluding tert-OH is 1. The van der Waals surface area contributed by atoms with Crippen LogP contribution in [0.4, 0.5) is 0 Å². The first-order valence-corrected chi connectivity index (χ1v) is 5.38. The van der Waals surface area contributed by atoms with Gasteiger partial charge in [0, 0.05) is 6.54 Å². The van der Waals surface area contributed by atoms with Crippen molar-refractivity contribution < 1.29 is 9.90 Å². The first kappa shape index (κ1) is 11.5. The maximum Gasteiger partial charge on any atom is 0.239 e. The lowest BCUT2D eigenvalue weighted by atomic mass is 9.89. The predicted octanol–water partition coefficient (Wildman–Crippen LogP) is 0.00250. The maximum atomic E-state index is 11.2. The predicted molar refractivity (Wildman–Crippen MR) is 54.6 cm³/mol. The van der Waals surface area contributed by atoms with Crippen LogP contribution in [0, 0.1) is 5.92 Å². The highest BCUT2D eigenvalue weighted by Gasteiger charge is 2.16. The molecule has 4 heteroatoms. The first-order valence-electron chi connectivity index (χ1n) is 5.38. The number of hydrogen-bond donors (Lipinski definition) is 3. The molecule has 0 spiro atoms. The lowest BCUT2D eigenvalue weighted by molar-refractivity contribution is -0.123. The molecule has 0 bridgehead atoms. The number of carbonyl (C=O) groups excluding carboxylic acids is 1. The van der Waals surface area contributed by atoms with Gasteiger partial charge in [0.15, 0.2) is 0 Å². The molecule has 1 atom stereocenters. The molecular formula is C10H20N2O2. The number of nitrogens with one attached hydrogen (secondary N) is 1. The molecule has 1 unspecified atom stereocenters. The average molecular weight is 200 g/mol. The van der Waals surface area contributed by atoms with Gasteiger partial charge in [0.05, 0.1) is 6.61 Å². The van der Waals surface area contributed by atoms with E-state index in [1.54, 1.807) is 0 Å². The van der Waals surface area contributed by atoms with Crippen molar-refractivity contribution in [2.75, 3.05) is 13.2 Å². The van der Waals surface area contributed by atoms with Crippen molar-refractivity contribution in [3.63, 3.8) is 0 Å². The lowest BCUT2D eigenvalue weighted by Gasteiger charge is -2.22. The second-order valence-corrected chi connectivity index (χ2v) is 4.04. The Morgan fingerprint density at radius 1 is 1.43 bits per heavy atom. The van der Waals surface area contributed by atoms with Crippen molar-refractivity contribution in [3.8, 4) is 0 Å². The molecular weight excluding hydrogens is 180 g/mol. The van der Waals surface area contributed by atoms with Crippen LogP contribution in [0.25, 0.3) is 0 Å². The van der Waals surface area contributed by atoms with Crippen LogP contribution >= 0.6 is 0 Å². The van der Waals surface area contributed by atoms with Gasteiger partial charge in [-0.25, -0.2) is 0 Å². The van der Waals surface area contributed by atoms with Crippen LogP contribution in [0.3, 0.4) is 0 Å². The van der Waals surface area contributed by atoms with Crippen LogP contribution in [0.15, 0.2) is 0 Å². The molecule has 1 rings (SSSR count). The van der Waals surface area contributed by atoms with E-state index >= 15 is 0 Å². The van der Waals surface area contributed by atoms with E-state index in [4.69, 9.17) is 10.8 Å². The minimum atomic E-state index is -0.765. The SMILES string of the molecule is NC(CO)C(=O)NCC1CCCCC1. The molecule has 0 heterocycles. The van der Waals surface area contributed by atoms with E-state index < -0.39 is 6.04 Å². The Hall–Kier alpha value is -0.610. The monoisotopic (exact) mass is 200 g/mol. The van der Waals surface area contributed by atoms with E-state index in [-0.39, 0.29) is 12.5 Å². The summed E-state index contributed by atoms with van der Waals surface area (Å²) < 4.78 is 0. The number of amides is 1. The van der Waals surface area contributed by atoms with Crippen molar-refractivity contribution in [1.82, 2.24) is 5.32 Å². The summed E-state index contributed by atoms with van der Waals surface area (Å²) in [5, 5.41) is 11.4. The summed E-state index contributed by atoms with van der Waals surface area (Å²) in [4.78, 5) is 11.2. The fourth-order valence-corrected chi connectivity index (χ4v) is 1.85. The number of carbonyl (C=O) groups is 1. The van der Waals surface area contributed by atoms with Crippen LogP contribution in [-0.4, -0.2) is 30.2 Å². The Balaban J connectivity index is 2.15. The first-order chi connectivity index (χ1) is 6.74. The summed E-state index contributed by atoms with van der Waals surface area (Å²) in [6.45, 7) is 0.434. The van der Waals surface area contributed by atoms with Gasteiger partial charge in [-0.1, -0.05) is 19.3 Å². The van der Waals surface area contributed by atoms with Crippen molar-refractivity contribution in [3.05, 3.63) is 0 Å². The molecule has 1 fully saturated rings. The van der Waals surface area contributed by atoms with Gasteiger partial charge in [-0.15, -0.1) is 0 Å². The quantitative estimate of drug-likeness (QED) is 0.598. The summed E-state index contributed by atoms with van der Waals surface area (Å²) in [6.07, 6.45) is 6.27. The molecule has 14 heavy (non-hydrogen) atoms. The highest BCUT2D eigenvalue weighted by Crippen LogP contribution is 2.22. The zero-order valence-electron chi connectivity index (χ0n) is 8.54. The van der Waals surface area contributed by atoms with Gasteiger partial charge < -0.3 is 16.2 Å². The largest absolute Gasteiger partial charge is 0.394 e. The highest BCUT2D eigenvalue weighted by molar-refractivity contribution is 5.81. The molecule has 1 aliphatic rings.